The van der Waals surface area contributed by atoms with Crippen molar-refractivity contribution in [1.29, 1.82) is 0 Å². The van der Waals surface area contributed by atoms with Gasteiger partial charge in [-0.25, -0.2) is 0 Å². The number of hydrogen-bond donors (Lipinski definition) is 2. The summed E-state index contributed by atoms with van der Waals surface area (Å²) >= 11 is 6.13. The second-order valence-corrected chi connectivity index (χ2v) is 8.81. The highest BCUT2D eigenvalue weighted by molar-refractivity contribution is 14.0. The van der Waals surface area contributed by atoms with Crippen LogP contribution in [0.25, 0.3) is 0 Å². The predicted octanol–water partition coefficient (Wildman–Crippen LogP) is 3.72. The summed E-state index contributed by atoms with van der Waals surface area (Å²) in [6.45, 7) is 18.3. The molecule has 1 aromatic carbocycles. The Morgan fingerprint density at radius 3 is 2.41 bits per heavy atom. The lowest BCUT2D eigenvalue weighted by Gasteiger charge is -2.34. The molecule has 1 aliphatic rings. The highest BCUT2D eigenvalue weighted by atomic mass is 127. The van der Waals surface area contributed by atoms with E-state index in [1.165, 1.54) is 18.7 Å². The summed E-state index contributed by atoms with van der Waals surface area (Å²) in [5.41, 5.74) is 1.33. The minimum absolute atomic E-state index is 0. The van der Waals surface area contributed by atoms with Crippen LogP contribution in [0, 0.1) is 5.41 Å². The zero-order valence-electron chi connectivity index (χ0n) is 18.5. The maximum absolute atomic E-state index is 6.13. The van der Waals surface area contributed by atoms with Crippen LogP contribution in [0.3, 0.4) is 0 Å². The number of aliphatic imine (C=N–C) groups is 1. The Labute approximate surface area is 199 Å². The summed E-state index contributed by atoms with van der Waals surface area (Å²) in [6.07, 6.45) is 0.957. The SMILES string of the molecule is CCNC(=NCC(C)(C)Cc1cccc(Cl)c1)NCCN1CCN(CC)CC1.I. The number of guanidine groups is 1. The Morgan fingerprint density at radius 2 is 1.79 bits per heavy atom. The zero-order valence-corrected chi connectivity index (χ0v) is 21.6. The Hall–Kier alpha value is -0.570. The van der Waals surface area contributed by atoms with Gasteiger partial charge in [0.05, 0.1) is 0 Å². The van der Waals surface area contributed by atoms with E-state index in [-0.39, 0.29) is 29.4 Å². The zero-order chi connectivity index (χ0) is 20.4. The minimum Gasteiger partial charge on any atom is -0.357 e. The van der Waals surface area contributed by atoms with E-state index in [0.29, 0.717) is 0 Å². The fraction of sp³-hybridized carbons (Fsp3) is 0.682. The molecular weight excluding hydrogens is 497 g/mol. The summed E-state index contributed by atoms with van der Waals surface area (Å²) in [5, 5.41) is 7.67. The Balaban J connectivity index is 0.00000420. The van der Waals surface area contributed by atoms with Crippen molar-refractivity contribution in [2.45, 2.75) is 34.1 Å². The summed E-state index contributed by atoms with van der Waals surface area (Å²) in [7, 11) is 0. The van der Waals surface area contributed by atoms with Crippen molar-refractivity contribution in [2.24, 2.45) is 10.4 Å². The number of rotatable bonds is 9. The number of piperazine rings is 1. The second kappa shape index (κ2) is 13.7. The molecule has 0 unspecified atom stereocenters. The lowest BCUT2D eigenvalue weighted by Crippen LogP contribution is -2.49. The third-order valence-corrected chi connectivity index (χ3v) is 5.45. The normalized spacial score (nSPS) is 16.4. The number of hydrogen-bond acceptors (Lipinski definition) is 3. The molecule has 1 aliphatic heterocycles. The van der Waals surface area contributed by atoms with E-state index in [1.54, 1.807) is 0 Å². The molecule has 0 bridgehead atoms. The fourth-order valence-electron chi connectivity index (χ4n) is 3.55. The predicted molar refractivity (Wildman–Crippen MR) is 137 cm³/mol. The van der Waals surface area contributed by atoms with Crippen molar-refractivity contribution in [2.75, 3.05) is 58.9 Å². The largest absolute Gasteiger partial charge is 0.357 e. The van der Waals surface area contributed by atoms with Gasteiger partial charge in [0.2, 0.25) is 0 Å². The average Bonchev–Trinajstić information content (AvgIpc) is 2.66. The number of benzene rings is 1. The molecule has 1 heterocycles. The average molecular weight is 536 g/mol. The van der Waals surface area contributed by atoms with Gasteiger partial charge >= 0.3 is 0 Å². The van der Waals surface area contributed by atoms with Gasteiger partial charge in [-0.1, -0.05) is 44.5 Å². The molecular formula is C22H39ClIN5. The van der Waals surface area contributed by atoms with Crippen LogP contribution in [0.4, 0.5) is 0 Å². The summed E-state index contributed by atoms with van der Waals surface area (Å²) in [6, 6.07) is 8.13. The van der Waals surface area contributed by atoms with Crippen LogP contribution in [0.2, 0.25) is 5.02 Å². The van der Waals surface area contributed by atoms with Gasteiger partial charge in [0.25, 0.3) is 0 Å². The fourth-order valence-corrected chi connectivity index (χ4v) is 3.76. The Kier molecular flexibility index (Phi) is 12.5. The third-order valence-electron chi connectivity index (χ3n) is 5.21. The molecule has 1 fully saturated rings. The van der Waals surface area contributed by atoms with E-state index < -0.39 is 0 Å². The van der Waals surface area contributed by atoms with Gasteiger partial charge in [-0.05, 0) is 43.0 Å². The first-order chi connectivity index (χ1) is 13.4. The maximum atomic E-state index is 6.13. The van der Waals surface area contributed by atoms with Crippen molar-refractivity contribution < 1.29 is 0 Å². The molecule has 0 spiro atoms. The molecule has 166 valence electrons. The van der Waals surface area contributed by atoms with Gasteiger partial charge in [0.1, 0.15) is 0 Å². The van der Waals surface area contributed by atoms with Crippen molar-refractivity contribution in [3.8, 4) is 0 Å². The van der Waals surface area contributed by atoms with Crippen LogP contribution >= 0.6 is 35.6 Å². The van der Waals surface area contributed by atoms with Crippen LogP contribution in [0.1, 0.15) is 33.3 Å². The van der Waals surface area contributed by atoms with E-state index in [0.717, 1.165) is 63.2 Å². The number of nitrogens with zero attached hydrogens (tertiary/aromatic N) is 3. The standard InChI is InChI=1S/C22H38ClN5.HI/c1-5-24-21(25-10-11-28-14-12-27(6-2)13-15-28)26-18-22(3,4)17-19-8-7-9-20(23)16-19;/h7-9,16H,5-6,10-15,17-18H2,1-4H3,(H2,24,25,26);1H. The number of likely N-dealkylation sites (N-methyl/N-ethyl adjacent to an activating group) is 1. The first kappa shape index (κ1) is 26.5. The highest BCUT2D eigenvalue weighted by Crippen LogP contribution is 2.23. The van der Waals surface area contributed by atoms with Crippen LogP contribution < -0.4 is 10.6 Å². The molecule has 2 rings (SSSR count). The highest BCUT2D eigenvalue weighted by Gasteiger charge is 2.19. The van der Waals surface area contributed by atoms with Crippen LogP contribution in [-0.4, -0.2) is 74.7 Å². The Morgan fingerprint density at radius 1 is 1.10 bits per heavy atom. The van der Waals surface area contributed by atoms with Gasteiger partial charge < -0.3 is 15.5 Å². The molecule has 0 aromatic heterocycles. The molecule has 1 aromatic rings. The van der Waals surface area contributed by atoms with E-state index in [1.807, 2.05) is 12.1 Å². The summed E-state index contributed by atoms with van der Waals surface area (Å²) < 4.78 is 0. The first-order valence-electron chi connectivity index (χ1n) is 10.6. The topological polar surface area (TPSA) is 42.9 Å². The molecule has 29 heavy (non-hydrogen) atoms. The van der Waals surface area contributed by atoms with E-state index >= 15 is 0 Å². The van der Waals surface area contributed by atoms with Gasteiger partial charge in [-0.15, -0.1) is 24.0 Å². The second-order valence-electron chi connectivity index (χ2n) is 8.37. The monoisotopic (exact) mass is 535 g/mol. The van der Waals surface area contributed by atoms with Gasteiger partial charge in [0, 0.05) is 57.4 Å². The molecule has 0 saturated carbocycles. The molecule has 1 saturated heterocycles. The van der Waals surface area contributed by atoms with Crippen molar-refractivity contribution in [3.63, 3.8) is 0 Å². The van der Waals surface area contributed by atoms with E-state index in [9.17, 15) is 0 Å². The van der Waals surface area contributed by atoms with Crippen molar-refractivity contribution in [3.05, 3.63) is 34.9 Å². The number of nitrogens with one attached hydrogen (secondary N) is 2. The summed E-state index contributed by atoms with van der Waals surface area (Å²) in [4.78, 5) is 9.89. The molecule has 0 radical (unpaired) electrons. The molecule has 5 nitrogen and oxygen atoms in total. The lowest BCUT2D eigenvalue weighted by atomic mass is 9.86. The van der Waals surface area contributed by atoms with Crippen LogP contribution in [0.5, 0.6) is 0 Å². The first-order valence-corrected chi connectivity index (χ1v) is 11.0. The number of halogens is 2. The van der Waals surface area contributed by atoms with Gasteiger partial charge in [-0.3, -0.25) is 9.89 Å². The minimum atomic E-state index is 0. The van der Waals surface area contributed by atoms with Gasteiger partial charge in [-0.2, -0.15) is 0 Å². The van der Waals surface area contributed by atoms with E-state index in [2.05, 4.69) is 60.3 Å². The maximum Gasteiger partial charge on any atom is 0.191 e. The smallest absolute Gasteiger partial charge is 0.191 e. The lowest BCUT2D eigenvalue weighted by molar-refractivity contribution is 0.139. The molecule has 2 N–H and O–H groups in total. The van der Waals surface area contributed by atoms with Crippen molar-refractivity contribution >= 4 is 41.5 Å². The van der Waals surface area contributed by atoms with Gasteiger partial charge in [0.15, 0.2) is 5.96 Å². The quantitative estimate of drug-likeness (QED) is 0.287. The Bertz CT molecular complexity index is 615. The molecule has 0 atom stereocenters. The third kappa shape index (κ3) is 10.3. The van der Waals surface area contributed by atoms with Crippen molar-refractivity contribution in [1.82, 2.24) is 20.4 Å². The molecule has 0 amide bonds. The molecule has 7 heteroatoms. The van der Waals surface area contributed by atoms with E-state index in [4.69, 9.17) is 16.6 Å². The van der Waals surface area contributed by atoms with Crippen LogP contribution in [-0.2, 0) is 6.42 Å². The summed E-state index contributed by atoms with van der Waals surface area (Å²) in [5.74, 6) is 0.911. The van der Waals surface area contributed by atoms with Crippen LogP contribution in [0.15, 0.2) is 29.3 Å². The molecule has 0 aliphatic carbocycles.